The Hall–Kier alpha value is -3.18. The summed E-state index contributed by atoms with van der Waals surface area (Å²) in [7, 11) is 0. The summed E-state index contributed by atoms with van der Waals surface area (Å²) in [6.07, 6.45) is 0.390. The normalized spacial score (nSPS) is 13.6. The van der Waals surface area contributed by atoms with E-state index in [0.29, 0.717) is 31.9 Å². The number of carbonyl (C=O) groups excluding carboxylic acids is 1. The number of ether oxygens (including phenoxy) is 2. The minimum Gasteiger partial charge on any atom is -0.486 e. The van der Waals surface area contributed by atoms with E-state index < -0.39 is 0 Å². The van der Waals surface area contributed by atoms with E-state index in [1.165, 1.54) is 11.8 Å². The van der Waals surface area contributed by atoms with E-state index in [1.807, 2.05) is 54.0 Å². The molecular weight excluding hydrogens is 400 g/mol. The maximum atomic E-state index is 12.6. The smallest absolute Gasteiger partial charge is 0.230 e. The number of amides is 1. The van der Waals surface area contributed by atoms with Crippen LogP contribution in [0.2, 0.25) is 0 Å². The van der Waals surface area contributed by atoms with Crippen molar-refractivity contribution < 1.29 is 14.3 Å². The molecule has 3 aromatic rings. The van der Waals surface area contributed by atoms with Crippen molar-refractivity contribution in [1.29, 1.82) is 5.26 Å². The zero-order chi connectivity index (χ0) is 20.9. The zero-order valence-electron chi connectivity index (χ0n) is 16.6. The summed E-state index contributed by atoms with van der Waals surface area (Å²) in [4.78, 5) is 17.2. The van der Waals surface area contributed by atoms with Crippen molar-refractivity contribution in [3.8, 4) is 17.6 Å². The zero-order valence-corrected chi connectivity index (χ0v) is 17.4. The lowest BCUT2D eigenvalue weighted by Gasteiger charge is -2.21. The number of carbonyl (C=O) groups is 1. The highest BCUT2D eigenvalue weighted by molar-refractivity contribution is 7.99. The van der Waals surface area contributed by atoms with Gasteiger partial charge in [-0.1, -0.05) is 30.0 Å². The van der Waals surface area contributed by atoms with Crippen molar-refractivity contribution in [2.75, 3.05) is 19.0 Å². The second-order valence-electron chi connectivity index (χ2n) is 6.92. The molecule has 7 nitrogen and oxygen atoms in total. The van der Waals surface area contributed by atoms with Gasteiger partial charge in [-0.2, -0.15) is 5.26 Å². The fraction of sp³-hybridized carbons (Fsp3) is 0.318. The third-order valence-electron chi connectivity index (χ3n) is 4.84. The molecule has 2 heterocycles. The number of hydrogen-bond donors (Lipinski definition) is 1. The van der Waals surface area contributed by atoms with E-state index in [0.717, 1.165) is 27.5 Å². The van der Waals surface area contributed by atoms with E-state index >= 15 is 0 Å². The molecule has 0 saturated carbocycles. The van der Waals surface area contributed by atoms with Crippen LogP contribution in [0.4, 0.5) is 0 Å². The first kappa shape index (κ1) is 20.1. The van der Waals surface area contributed by atoms with Crippen molar-refractivity contribution >= 4 is 28.7 Å². The van der Waals surface area contributed by atoms with Crippen LogP contribution >= 0.6 is 11.8 Å². The summed E-state index contributed by atoms with van der Waals surface area (Å²) < 4.78 is 13.2. The number of thioether (sulfide) groups is 1. The molecule has 1 aliphatic heterocycles. The largest absolute Gasteiger partial charge is 0.486 e. The predicted molar refractivity (Wildman–Crippen MR) is 115 cm³/mol. The minimum atomic E-state index is -0.161. The van der Waals surface area contributed by atoms with Crippen LogP contribution in [-0.2, 0) is 11.3 Å². The van der Waals surface area contributed by atoms with Crippen LogP contribution in [0.15, 0.2) is 47.6 Å². The molecule has 1 N–H and O–H groups in total. The van der Waals surface area contributed by atoms with Gasteiger partial charge in [-0.15, -0.1) is 0 Å². The molecule has 0 fully saturated rings. The molecule has 1 aromatic heterocycles. The standard InChI is InChI=1S/C22H22N4O3S/c1-15(16-7-8-19-20(13-16)29-12-11-28-19)24-21(27)14-30-22-25-17-5-2-3-6-18(17)26(22)10-4-9-23/h2-3,5-8,13,15H,4,10-12,14H2,1H3,(H,24,27). The lowest BCUT2D eigenvalue weighted by Crippen LogP contribution is -2.28. The van der Waals surface area contributed by atoms with Crippen LogP contribution in [0.25, 0.3) is 11.0 Å². The van der Waals surface area contributed by atoms with E-state index in [1.54, 1.807) is 0 Å². The average Bonchev–Trinajstić information content (AvgIpc) is 3.13. The topological polar surface area (TPSA) is 89.2 Å². The SMILES string of the molecule is CC(NC(=O)CSc1nc2ccccc2n1CCC#N)c1ccc2c(c1)OCCO2. The van der Waals surface area contributed by atoms with Gasteiger partial charge in [-0.3, -0.25) is 4.79 Å². The molecule has 0 spiro atoms. The molecule has 0 saturated heterocycles. The van der Waals surface area contributed by atoms with Gasteiger partial charge in [-0.25, -0.2) is 4.98 Å². The molecule has 2 aromatic carbocycles. The maximum absolute atomic E-state index is 12.6. The quantitative estimate of drug-likeness (QED) is 0.584. The van der Waals surface area contributed by atoms with Crippen LogP contribution in [0.5, 0.6) is 11.5 Å². The minimum absolute atomic E-state index is 0.0821. The van der Waals surface area contributed by atoms with Crippen LogP contribution in [0.1, 0.15) is 24.9 Å². The van der Waals surface area contributed by atoms with E-state index in [9.17, 15) is 4.79 Å². The van der Waals surface area contributed by atoms with Gasteiger partial charge in [0.1, 0.15) is 13.2 Å². The number of imidazole rings is 1. The first-order valence-corrected chi connectivity index (χ1v) is 10.8. The summed E-state index contributed by atoms with van der Waals surface area (Å²) in [5.41, 5.74) is 2.79. The fourth-order valence-electron chi connectivity index (χ4n) is 3.37. The number of aryl methyl sites for hydroxylation is 1. The summed E-state index contributed by atoms with van der Waals surface area (Å²) in [5.74, 6) is 1.60. The van der Waals surface area contributed by atoms with Gasteiger partial charge < -0.3 is 19.4 Å². The fourth-order valence-corrected chi connectivity index (χ4v) is 4.22. The number of aromatic nitrogens is 2. The predicted octanol–water partition coefficient (Wildman–Crippen LogP) is 3.69. The molecule has 0 radical (unpaired) electrons. The molecule has 30 heavy (non-hydrogen) atoms. The number of hydrogen-bond acceptors (Lipinski definition) is 6. The number of para-hydroxylation sites is 2. The molecule has 8 heteroatoms. The van der Waals surface area contributed by atoms with Gasteiger partial charge in [-0.05, 0) is 36.8 Å². The van der Waals surface area contributed by atoms with Gasteiger partial charge in [0, 0.05) is 6.54 Å². The molecule has 154 valence electrons. The Morgan fingerprint density at radius 1 is 1.27 bits per heavy atom. The number of benzene rings is 2. The van der Waals surface area contributed by atoms with Gasteiger partial charge in [0.15, 0.2) is 16.7 Å². The Labute approximate surface area is 179 Å². The number of nitriles is 1. The molecule has 4 rings (SSSR count). The first-order chi connectivity index (χ1) is 14.7. The summed E-state index contributed by atoms with van der Waals surface area (Å²) >= 11 is 1.38. The van der Waals surface area contributed by atoms with Gasteiger partial charge in [0.2, 0.25) is 5.91 Å². The Kier molecular flexibility index (Phi) is 6.10. The molecule has 1 amide bonds. The van der Waals surface area contributed by atoms with Crippen LogP contribution in [0, 0.1) is 11.3 Å². The highest BCUT2D eigenvalue weighted by Gasteiger charge is 2.17. The van der Waals surface area contributed by atoms with Crippen LogP contribution in [0.3, 0.4) is 0 Å². The second kappa shape index (κ2) is 9.09. The van der Waals surface area contributed by atoms with Gasteiger partial charge in [0.25, 0.3) is 0 Å². The number of nitrogens with zero attached hydrogens (tertiary/aromatic N) is 3. The van der Waals surface area contributed by atoms with Crippen LogP contribution < -0.4 is 14.8 Å². The number of nitrogens with one attached hydrogen (secondary N) is 1. The van der Waals surface area contributed by atoms with Crippen molar-refractivity contribution in [2.45, 2.75) is 31.1 Å². The Morgan fingerprint density at radius 2 is 2.07 bits per heavy atom. The molecule has 0 aliphatic carbocycles. The summed E-state index contributed by atoms with van der Waals surface area (Å²) in [6, 6.07) is 15.5. The third kappa shape index (κ3) is 4.36. The van der Waals surface area contributed by atoms with Crippen molar-refractivity contribution in [1.82, 2.24) is 14.9 Å². The van der Waals surface area contributed by atoms with E-state index in [4.69, 9.17) is 14.7 Å². The first-order valence-electron chi connectivity index (χ1n) is 9.79. The highest BCUT2D eigenvalue weighted by atomic mass is 32.2. The van der Waals surface area contributed by atoms with E-state index in [2.05, 4.69) is 16.4 Å². The molecule has 1 atom stereocenters. The second-order valence-corrected chi connectivity index (χ2v) is 7.87. The number of fused-ring (bicyclic) bond motifs is 2. The Bertz CT molecular complexity index is 1110. The molecule has 1 unspecified atom stereocenters. The van der Waals surface area contributed by atoms with E-state index in [-0.39, 0.29) is 17.7 Å². The Balaban J connectivity index is 1.41. The van der Waals surface area contributed by atoms with Gasteiger partial charge in [0.05, 0.1) is 35.3 Å². The third-order valence-corrected chi connectivity index (χ3v) is 5.82. The monoisotopic (exact) mass is 422 g/mol. The molecular formula is C22H22N4O3S. The van der Waals surface area contributed by atoms with Crippen LogP contribution in [-0.4, -0.2) is 34.4 Å². The summed E-state index contributed by atoms with van der Waals surface area (Å²) in [6.45, 7) is 3.57. The van der Waals surface area contributed by atoms with Gasteiger partial charge >= 0.3 is 0 Å². The number of rotatable bonds is 7. The van der Waals surface area contributed by atoms with Crippen molar-refractivity contribution in [3.05, 3.63) is 48.0 Å². The van der Waals surface area contributed by atoms with Crippen molar-refractivity contribution in [2.24, 2.45) is 0 Å². The lowest BCUT2D eigenvalue weighted by molar-refractivity contribution is -0.119. The average molecular weight is 423 g/mol. The lowest BCUT2D eigenvalue weighted by atomic mass is 10.1. The molecule has 1 aliphatic rings. The highest BCUT2D eigenvalue weighted by Crippen LogP contribution is 2.32. The maximum Gasteiger partial charge on any atom is 0.230 e. The van der Waals surface area contributed by atoms with Crippen molar-refractivity contribution in [3.63, 3.8) is 0 Å². The molecule has 0 bridgehead atoms. The summed E-state index contributed by atoms with van der Waals surface area (Å²) in [5, 5.41) is 12.7. The Morgan fingerprint density at radius 3 is 2.90 bits per heavy atom.